The standard InChI is InChI=1S/C26H47N4O9P/c1-6-28(7-2)14-12-16-30(8-3,9-4)15-11-10-13-24(31)39-21-17-23(38-22(21)19-37-40(34,35)36)29-18-20(5)25(32)27-26(29)33/h18,21-23H,6-17,19H2,1-5H3,(H2-,27,32,33,34,35,36)/t21-,22+,23+/m0/s1. The molecule has 13 nitrogen and oxygen atoms in total. The van der Waals surface area contributed by atoms with Crippen molar-refractivity contribution in [3.05, 3.63) is 32.6 Å². The Balaban J connectivity index is 1.95. The van der Waals surface area contributed by atoms with E-state index in [9.17, 15) is 23.8 Å². The van der Waals surface area contributed by atoms with E-state index >= 15 is 0 Å². The molecule has 1 aromatic heterocycles. The van der Waals surface area contributed by atoms with Crippen molar-refractivity contribution in [2.75, 3.05) is 52.4 Å². The molecule has 40 heavy (non-hydrogen) atoms. The molecule has 1 aliphatic heterocycles. The Hall–Kier alpha value is -1.86. The van der Waals surface area contributed by atoms with Crippen molar-refractivity contribution in [1.82, 2.24) is 14.5 Å². The van der Waals surface area contributed by atoms with Crippen LogP contribution in [-0.2, 0) is 23.4 Å². The minimum absolute atomic E-state index is 0.0396. The van der Waals surface area contributed by atoms with Gasteiger partial charge in [0.15, 0.2) is 0 Å². The highest BCUT2D eigenvalue weighted by molar-refractivity contribution is 7.44. The van der Waals surface area contributed by atoms with Crippen LogP contribution in [0.25, 0.3) is 0 Å². The van der Waals surface area contributed by atoms with E-state index in [2.05, 4.69) is 42.1 Å². The first kappa shape index (κ1) is 34.3. The number of carbonyl (C=O) groups is 1. The average molecular weight is 591 g/mol. The number of aryl methyl sites for hydroxylation is 1. The summed E-state index contributed by atoms with van der Waals surface area (Å²) in [5.41, 5.74) is -0.973. The van der Waals surface area contributed by atoms with E-state index in [-0.39, 0.29) is 18.4 Å². The van der Waals surface area contributed by atoms with Crippen LogP contribution in [0.1, 0.15) is 71.6 Å². The Labute approximate surface area is 236 Å². The fourth-order valence-electron chi connectivity index (χ4n) is 5.19. The number of esters is 1. The molecule has 0 aromatic carbocycles. The van der Waals surface area contributed by atoms with Crippen LogP contribution in [0.5, 0.6) is 0 Å². The second-order valence-electron chi connectivity index (χ2n) is 10.4. The van der Waals surface area contributed by atoms with E-state index in [1.807, 2.05) is 0 Å². The van der Waals surface area contributed by atoms with Crippen molar-refractivity contribution in [2.45, 2.75) is 85.2 Å². The summed E-state index contributed by atoms with van der Waals surface area (Å²) in [6, 6.07) is 0. The fourth-order valence-corrected chi connectivity index (χ4v) is 5.53. The molecular weight excluding hydrogens is 543 g/mol. The largest absolute Gasteiger partial charge is 0.756 e. The van der Waals surface area contributed by atoms with E-state index in [1.165, 1.54) is 13.1 Å². The van der Waals surface area contributed by atoms with Gasteiger partial charge < -0.3 is 33.2 Å². The number of nitrogens with zero attached hydrogens (tertiary/aromatic N) is 3. The number of hydrogen-bond acceptors (Lipinski definition) is 9. The molecule has 1 aliphatic rings. The van der Waals surface area contributed by atoms with Gasteiger partial charge in [-0.05, 0) is 46.7 Å². The predicted octanol–water partition coefficient (Wildman–Crippen LogP) is 1.28. The number of carbonyl (C=O) groups excluding carboxylic acids is 1. The van der Waals surface area contributed by atoms with Crippen LogP contribution < -0.4 is 16.1 Å². The maximum Gasteiger partial charge on any atom is 0.330 e. The third-order valence-electron chi connectivity index (χ3n) is 7.93. The number of rotatable bonds is 18. The highest BCUT2D eigenvalue weighted by Gasteiger charge is 2.40. The van der Waals surface area contributed by atoms with E-state index in [0.717, 1.165) is 67.7 Å². The topological polar surface area (TPSA) is 163 Å². The molecule has 0 spiro atoms. The zero-order chi connectivity index (χ0) is 29.9. The number of quaternary nitrogens is 1. The summed E-state index contributed by atoms with van der Waals surface area (Å²) in [5.74, 6) is -0.466. The summed E-state index contributed by atoms with van der Waals surface area (Å²) < 4.78 is 29.2. The van der Waals surface area contributed by atoms with E-state index in [0.29, 0.717) is 6.42 Å². The second kappa shape index (κ2) is 16.0. The van der Waals surface area contributed by atoms with Gasteiger partial charge in [-0.15, -0.1) is 0 Å². The third-order valence-corrected chi connectivity index (χ3v) is 8.40. The van der Waals surface area contributed by atoms with Crippen LogP contribution in [0, 0.1) is 6.92 Å². The van der Waals surface area contributed by atoms with Crippen molar-refractivity contribution in [3.63, 3.8) is 0 Å². The molecule has 1 aromatic rings. The summed E-state index contributed by atoms with van der Waals surface area (Å²) in [6.07, 6.45) is 1.28. The lowest BCUT2D eigenvalue weighted by atomic mass is 10.1. The van der Waals surface area contributed by atoms with Gasteiger partial charge in [-0.1, -0.05) is 13.8 Å². The first-order chi connectivity index (χ1) is 18.9. The first-order valence-corrected chi connectivity index (χ1v) is 15.8. The Morgan fingerprint density at radius 2 is 1.85 bits per heavy atom. The number of ether oxygens (including phenoxy) is 2. The van der Waals surface area contributed by atoms with Gasteiger partial charge in [-0.2, -0.15) is 0 Å². The molecule has 0 bridgehead atoms. The van der Waals surface area contributed by atoms with Crippen molar-refractivity contribution in [2.24, 2.45) is 0 Å². The number of unbranched alkanes of at least 4 members (excludes halogenated alkanes) is 1. The van der Waals surface area contributed by atoms with Crippen LogP contribution >= 0.6 is 7.82 Å². The summed E-state index contributed by atoms with van der Waals surface area (Å²) in [4.78, 5) is 61.5. The van der Waals surface area contributed by atoms with E-state index < -0.39 is 50.1 Å². The molecule has 1 unspecified atom stereocenters. The molecule has 0 radical (unpaired) electrons. The molecule has 0 saturated carbocycles. The molecule has 0 aliphatic carbocycles. The number of aromatic nitrogens is 2. The lowest BCUT2D eigenvalue weighted by Gasteiger charge is -2.37. The summed E-state index contributed by atoms with van der Waals surface area (Å²) in [7, 11) is -5.05. The SMILES string of the molecule is CCN(CC)CCC[N+](CC)(CC)CCCCC(=O)O[C@H]1C[C@H](n2cc(C)c(=O)[nH]c2=O)O[C@@H]1COP(=O)([O-])O. The molecular formula is C26H47N4O9P. The van der Waals surface area contributed by atoms with E-state index in [4.69, 9.17) is 14.4 Å². The minimum Gasteiger partial charge on any atom is -0.756 e. The Bertz CT molecular complexity index is 1090. The quantitative estimate of drug-likeness (QED) is 0.110. The highest BCUT2D eigenvalue weighted by Crippen LogP contribution is 2.35. The van der Waals surface area contributed by atoms with Gasteiger partial charge in [-0.3, -0.25) is 23.7 Å². The Morgan fingerprint density at radius 3 is 2.45 bits per heavy atom. The minimum atomic E-state index is -5.05. The van der Waals surface area contributed by atoms with Gasteiger partial charge in [0.2, 0.25) is 0 Å². The Morgan fingerprint density at radius 1 is 1.20 bits per heavy atom. The third kappa shape index (κ3) is 10.5. The molecule has 14 heteroatoms. The average Bonchev–Trinajstić information content (AvgIpc) is 3.30. The number of hydrogen-bond donors (Lipinski definition) is 2. The number of H-pyrrole nitrogens is 1. The van der Waals surface area contributed by atoms with Crippen LogP contribution in [0.3, 0.4) is 0 Å². The van der Waals surface area contributed by atoms with Crippen LogP contribution in [0.2, 0.25) is 0 Å². The van der Waals surface area contributed by atoms with Gasteiger partial charge in [0, 0.05) is 37.6 Å². The van der Waals surface area contributed by atoms with Gasteiger partial charge in [0.05, 0.1) is 32.8 Å². The predicted molar refractivity (Wildman–Crippen MR) is 148 cm³/mol. The molecule has 0 amide bonds. The molecule has 1 saturated heterocycles. The zero-order valence-electron chi connectivity index (χ0n) is 24.5. The van der Waals surface area contributed by atoms with Crippen LogP contribution in [-0.4, -0.2) is 94.4 Å². The first-order valence-electron chi connectivity index (χ1n) is 14.3. The molecule has 4 atom stereocenters. The lowest BCUT2D eigenvalue weighted by Crippen LogP contribution is -2.49. The summed E-state index contributed by atoms with van der Waals surface area (Å²) in [5, 5.41) is 0. The van der Waals surface area contributed by atoms with Crippen molar-refractivity contribution < 1.29 is 37.6 Å². The smallest absolute Gasteiger partial charge is 0.330 e. The van der Waals surface area contributed by atoms with E-state index in [1.54, 1.807) is 0 Å². The summed E-state index contributed by atoms with van der Waals surface area (Å²) >= 11 is 0. The molecule has 230 valence electrons. The van der Waals surface area contributed by atoms with Crippen molar-refractivity contribution >= 4 is 13.8 Å². The van der Waals surface area contributed by atoms with Crippen molar-refractivity contribution in [1.29, 1.82) is 0 Å². The fraction of sp³-hybridized carbons (Fsp3) is 0.808. The van der Waals surface area contributed by atoms with Gasteiger partial charge in [0.1, 0.15) is 18.4 Å². The number of phosphoric ester groups is 1. The van der Waals surface area contributed by atoms with Crippen LogP contribution in [0.4, 0.5) is 0 Å². The monoisotopic (exact) mass is 590 g/mol. The van der Waals surface area contributed by atoms with Gasteiger partial charge in [-0.25, -0.2) is 4.79 Å². The maximum absolute atomic E-state index is 12.7. The van der Waals surface area contributed by atoms with Crippen molar-refractivity contribution in [3.8, 4) is 0 Å². The number of aromatic amines is 1. The Kier molecular flexibility index (Phi) is 13.7. The molecule has 2 heterocycles. The molecule has 1 fully saturated rings. The maximum atomic E-state index is 12.7. The van der Waals surface area contributed by atoms with Gasteiger partial charge >= 0.3 is 11.7 Å². The lowest BCUT2D eigenvalue weighted by molar-refractivity contribution is -0.925. The normalized spacial score (nSPS) is 21.1. The highest BCUT2D eigenvalue weighted by atomic mass is 31.2. The number of phosphoric acid groups is 1. The van der Waals surface area contributed by atoms with Gasteiger partial charge in [0.25, 0.3) is 13.4 Å². The zero-order valence-corrected chi connectivity index (χ0v) is 25.4. The number of nitrogens with one attached hydrogen (secondary N) is 1. The molecule has 2 N–H and O–H groups in total. The second-order valence-corrected chi connectivity index (χ2v) is 11.6. The van der Waals surface area contributed by atoms with Crippen LogP contribution in [0.15, 0.2) is 15.8 Å². The molecule has 2 rings (SSSR count). The summed E-state index contributed by atoms with van der Waals surface area (Å²) in [6.45, 7) is 17.0.